The Morgan fingerprint density at radius 1 is 1.00 bits per heavy atom. The van der Waals surface area contributed by atoms with Gasteiger partial charge < -0.3 is 19.7 Å². The van der Waals surface area contributed by atoms with Crippen LogP contribution in [0.15, 0.2) is 72.8 Å². The molecule has 0 aliphatic carbocycles. The standard InChI is InChI=1S/C26H25FN2O4/c1-2-22(26(31)28-20-12-13-23-24(15-20)33-17-32-23)29(16-19-10-6-7-11-21(19)27)25(30)14-18-8-4-3-5-9-18/h3-13,15,22H,2,14,16-17H2,1H3,(H,28,31). The van der Waals surface area contributed by atoms with Crippen LogP contribution in [-0.2, 0) is 22.6 Å². The molecule has 7 heteroatoms. The van der Waals surface area contributed by atoms with Gasteiger partial charge in [0.1, 0.15) is 11.9 Å². The van der Waals surface area contributed by atoms with Crippen LogP contribution >= 0.6 is 0 Å². The summed E-state index contributed by atoms with van der Waals surface area (Å²) in [6.45, 7) is 1.95. The smallest absolute Gasteiger partial charge is 0.247 e. The third kappa shape index (κ3) is 5.31. The fourth-order valence-corrected chi connectivity index (χ4v) is 3.80. The van der Waals surface area contributed by atoms with Crippen molar-refractivity contribution in [1.82, 2.24) is 4.90 Å². The maximum atomic E-state index is 14.4. The molecule has 0 saturated carbocycles. The zero-order chi connectivity index (χ0) is 23.2. The molecule has 170 valence electrons. The number of rotatable bonds is 8. The van der Waals surface area contributed by atoms with Crippen LogP contribution < -0.4 is 14.8 Å². The van der Waals surface area contributed by atoms with Crippen molar-refractivity contribution >= 4 is 17.5 Å². The number of carbonyl (C=O) groups is 2. The molecule has 0 saturated heterocycles. The van der Waals surface area contributed by atoms with Gasteiger partial charge in [0.25, 0.3) is 0 Å². The fourth-order valence-electron chi connectivity index (χ4n) is 3.80. The minimum Gasteiger partial charge on any atom is -0.454 e. The number of fused-ring (bicyclic) bond motifs is 1. The average molecular weight is 448 g/mol. The lowest BCUT2D eigenvalue weighted by Crippen LogP contribution is -2.47. The Bertz CT molecular complexity index is 1140. The molecule has 3 aromatic rings. The first-order chi connectivity index (χ1) is 16.0. The van der Waals surface area contributed by atoms with Crippen LogP contribution in [0.5, 0.6) is 11.5 Å². The minimum absolute atomic E-state index is 0.00853. The topological polar surface area (TPSA) is 67.9 Å². The van der Waals surface area contributed by atoms with Crippen LogP contribution in [0.4, 0.5) is 10.1 Å². The van der Waals surface area contributed by atoms with E-state index in [0.717, 1.165) is 5.56 Å². The number of carbonyl (C=O) groups excluding carboxylic acids is 2. The Balaban J connectivity index is 1.58. The first kappa shape index (κ1) is 22.3. The number of anilines is 1. The van der Waals surface area contributed by atoms with Gasteiger partial charge in [-0.1, -0.05) is 55.5 Å². The van der Waals surface area contributed by atoms with E-state index in [-0.39, 0.29) is 31.6 Å². The van der Waals surface area contributed by atoms with Gasteiger partial charge in [0, 0.05) is 23.9 Å². The van der Waals surface area contributed by atoms with Crippen LogP contribution in [0.2, 0.25) is 0 Å². The van der Waals surface area contributed by atoms with E-state index in [1.807, 2.05) is 37.3 Å². The number of amides is 2. The van der Waals surface area contributed by atoms with E-state index in [0.29, 0.717) is 29.2 Å². The molecule has 1 aliphatic heterocycles. The third-order valence-electron chi connectivity index (χ3n) is 5.52. The molecular weight excluding hydrogens is 423 g/mol. The molecule has 2 amide bonds. The average Bonchev–Trinajstić information content (AvgIpc) is 3.28. The summed E-state index contributed by atoms with van der Waals surface area (Å²) < 4.78 is 25.1. The first-order valence-electron chi connectivity index (χ1n) is 10.8. The number of ether oxygens (including phenoxy) is 2. The molecule has 33 heavy (non-hydrogen) atoms. The summed E-state index contributed by atoms with van der Waals surface area (Å²) in [5.41, 5.74) is 1.71. The molecule has 4 rings (SSSR count). The number of nitrogens with zero attached hydrogens (tertiary/aromatic N) is 1. The van der Waals surface area contributed by atoms with Crippen molar-refractivity contribution in [2.45, 2.75) is 32.4 Å². The van der Waals surface area contributed by atoms with Crippen molar-refractivity contribution in [2.24, 2.45) is 0 Å². The van der Waals surface area contributed by atoms with Gasteiger partial charge in [-0.05, 0) is 30.2 Å². The Labute approximate surface area is 191 Å². The summed E-state index contributed by atoms with van der Waals surface area (Å²) in [4.78, 5) is 28.0. The SMILES string of the molecule is CCC(C(=O)Nc1ccc2c(c1)OCO2)N(Cc1ccccc1F)C(=O)Cc1ccccc1. The largest absolute Gasteiger partial charge is 0.454 e. The lowest BCUT2D eigenvalue weighted by atomic mass is 10.1. The summed E-state index contributed by atoms with van der Waals surface area (Å²) in [6, 6.07) is 19.9. The first-order valence-corrected chi connectivity index (χ1v) is 10.8. The quantitative estimate of drug-likeness (QED) is 0.549. The number of hydrogen-bond donors (Lipinski definition) is 1. The fraction of sp³-hybridized carbons (Fsp3) is 0.231. The highest BCUT2D eigenvalue weighted by atomic mass is 19.1. The maximum Gasteiger partial charge on any atom is 0.247 e. The molecule has 1 unspecified atom stereocenters. The van der Waals surface area contributed by atoms with Crippen molar-refractivity contribution in [2.75, 3.05) is 12.1 Å². The van der Waals surface area contributed by atoms with Crippen molar-refractivity contribution in [3.63, 3.8) is 0 Å². The zero-order valence-electron chi connectivity index (χ0n) is 18.3. The predicted molar refractivity (Wildman–Crippen MR) is 122 cm³/mol. The highest BCUT2D eigenvalue weighted by molar-refractivity contribution is 5.97. The number of benzene rings is 3. The minimum atomic E-state index is -0.786. The second-order valence-corrected chi connectivity index (χ2v) is 7.76. The predicted octanol–water partition coefficient (Wildman–Crippen LogP) is 4.54. The molecule has 3 aromatic carbocycles. The number of nitrogens with one attached hydrogen (secondary N) is 1. The molecule has 0 fully saturated rings. The second-order valence-electron chi connectivity index (χ2n) is 7.76. The van der Waals surface area contributed by atoms with E-state index in [2.05, 4.69) is 5.32 Å². The molecule has 0 spiro atoms. The maximum absolute atomic E-state index is 14.4. The van der Waals surface area contributed by atoms with E-state index in [9.17, 15) is 14.0 Å². The molecule has 1 aliphatic rings. The van der Waals surface area contributed by atoms with Crippen LogP contribution in [-0.4, -0.2) is 29.5 Å². The van der Waals surface area contributed by atoms with Gasteiger partial charge in [0.15, 0.2) is 11.5 Å². The molecule has 1 N–H and O–H groups in total. The van der Waals surface area contributed by atoms with Gasteiger partial charge in [-0.3, -0.25) is 9.59 Å². The summed E-state index contributed by atoms with van der Waals surface area (Å²) in [6.07, 6.45) is 0.481. The summed E-state index contributed by atoms with van der Waals surface area (Å²) >= 11 is 0. The van der Waals surface area contributed by atoms with E-state index < -0.39 is 11.9 Å². The molecule has 1 heterocycles. The lowest BCUT2D eigenvalue weighted by molar-refractivity contribution is -0.139. The van der Waals surface area contributed by atoms with Gasteiger partial charge in [-0.25, -0.2) is 4.39 Å². The van der Waals surface area contributed by atoms with Gasteiger partial charge in [0.2, 0.25) is 18.6 Å². The highest BCUT2D eigenvalue weighted by Gasteiger charge is 2.29. The van der Waals surface area contributed by atoms with Crippen molar-refractivity contribution in [1.29, 1.82) is 0 Å². The monoisotopic (exact) mass is 448 g/mol. The van der Waals surface area contributed by atoms with Crippen LogP contribution in [0.25, 0.3) is 0 Å². The van der Waals surface area contributed by atoms with Crippen LogP contribution in [0, 0.1) is 5.82 Å². The van der Waals surface area contributed by atoms with Gasteiger partial charge in [0.05, 0.1) is 6.42 Å². The number of halogens is 1. The molecule has 1 atom stereocenters. The van der Waals surface area contributed by atoms with Gasteiger partial charge >= 0.3 is 0 Å². The molecule has 0 bridgehead atoms. The lowest BCUT2D eigenvalue weighted by Gasteiger charge is -2.31. The van der Waals surface area contributed by atoms with Crippen molar-refractivity contribution < 1.29 is 23.5 Å². The van der Waals surface area contributed by atoms with E-state index in [4.69, 9.17) is 9.47 Å². The van der Waals surface area contributed by atoms with Crippen molar-refractivity contribution in [3.05, 3.63) is 89.7 Å². The summed E-state index contributed by atoms with van der Waals surface area (Å²) in [5, 5.41) is 2.86. The third-order valence-corrected chi connectivity index (χ3v) is 5.52. The Morgan fingerprint density at radius 2 is 1.73 bits per heavy atom. The van der Waals surface area contributed by atoms with Gasteiger partial charge in [-0.2, -0.15) is 0 Å². The van der Waals surface area contributed by atoms with Crippen LogP contribution in [0.1, 0.15) is 24.5 Å². The van der Waals surface area contributed by atoms with Gasteiger partial charge in [-0.15, -0.1) is 0 Å². The summed E-state index contributed by atoms with van der Waals surface area (Å²) in [5.74, 6) is 0.135. The summed E-state index contributed by atoms with van der Waals surface area (Å²) in [7, 11) is 0. The Morgan fingerprint density at radius 3 is 2.48 bits per heavy atom. The van der Waals surface area contributed by atoms with Crippen molar-refractivity contribution in [3.8, 4) is 11.5 Å². The molecular formula is C26H25FN2O4. The zero-order valence-corrected chi connectivity index (χ0v) is 18.3. The molecule has 0 aromatic heterocycles. The second kappa shape index (κ2) is 10.2. The Kier molecular flexibility index (Phi) is 6.88. The Hall–Kier alpha value is -3.87. The van der Waals surface area contributed by atoms with Crippen LogP contribution in [0.3, 0.4) is 0 Å². The normalized spacial score (nSPS) is 12.8. The highest BCUT2D eigenvalue weighted by Crippen LogP contribution is 2.34. The van der Waals surface area contributed by atoms with E-state index >= 15 is 0 Å². The van der Waals surface area contributed by atoms with E-state index in [1.165, 1.54) is 11.0 Å². The molecule has 6 nitrogen and oxygen atoms in total. The molecule has 0 radical (unpaired) electrons. The number of hydrogen-bond acceptors (Lipinski definition) is 4. The van der Waals surface area contributed by atoms with E-state index in [1.54, 1.807) is 36.4 Å².